The highest BCUT2D eigenvalue weighted by molar-refractivity contribution is 9.10. The van der Waals surface area contributed by atoms with Crippen molar-refractivity contribution in [2.24, 2.45) is 0 Å². The number of halogens is 2. The van der Waals surface area contributed by atoms with E-state index in [1.165, 1.54) is 0 Å². The van der Waals surface area contributed by atoms with Gasteiger partial charge in [0.15, 0.2) is 0 Å². The Hall–Kier alpha value is -0.350. The summed E-state index contributed by atoms with van der Waals surface area (Å²) < 4.78 is 1.03. The van der Waals surface area contributed by atoms with Crippen LogP contribution >= 0.6 is 31.9 Å². The van der Waals surface area contributed by atoms with Crippen molar-refractivity contribution in [2.75, 3.05) is 10.6 Å². The predicted molar refractivity (Wildman–Crippen MR) is 66.0 cm³/mol. The zero-order chi connectivity index (χ0) is 10.7. The molecule has 0 aromatic heterocycles. The molecule has 1 amide bonds. The zero-order valence-electron chi connectivity index (χ0n) is 8.03. The Morgan fingerprint density at radius 1 is 1.36 bits per heavy atom. The molecule has 0 unspecified atom stereocenters. The molecule has 2 nitrogen and oxygen atoms in total. The Kier molecular flexibility index (Phi) is 4.13. The van der Waals surface area contributed by atoms with E-state index in [0.717, 1.165) is 21.3 Å². The van der Waals surface area contributed by atoms with Gasteiger partial charge in [0.2, 0.25) is 5.91 Å². The lowest BCUT2D eigenvalue weighted by Gasteiger charge is -2.11. The Labute approximate surface area is 100 Å². The van der Waals surface area contributed by atoms with Crippen molar-refractivity contribution < 1.29 is 4.79 Å². The summed E-state index contributed by atoms with van der Waals surface area (Å²) >= 11 is 6.52. The van der Waals surface area contributed by atoms with Gasteiger partial charge < -0.3 is 5.32 Å². The number of anilines is 1. The Morgan fingerprint density at radius 3 is 2.29 bits per heavy atom. The summed E-state index contributed by atoms with van der Waals surface area (Å²) in [5.41, 5.74) is 3.02. The maximum atomic E-state index is 11.2. The summed E-state index contributed by atoms with van der Waals surface area (Å²) in [6.07, 6.45) is 0. The van der Waals surface area contributed by atoms with Crippen LogP contribution in [0.4, 0.5) is 5.69 Å². The van der Waals surface area contributed by atoms with Crippen molar-refractivity contribution >= 4 is 43.5 Å². The van der Waals surface area contributed by atoms with E-state index in [-0.39, 0.29) is 5.91 Å². The molecule has 0 saturated heterocycles. The summed E-state index contributed by atoms with van der Waals surface area (Å²) in [6, 6.07) is 3.97. The molecule has 14 heavy (non-hydrogen) atoms. The van der Waals surface area contributed by atoms with E-state index in [0.29, 0.717) is 5.33 Å². The molecule has 76 valence electrons. The molecule has 0 saturated carbocycles. The van der Waals surface area contributed by atoms with Crippen molar-refractivity contribution in [1.82, 2.24) is 0 Å². The molecule has 0 heterocycles. The number of benzene rings is 1. The van der Waals surface area contributed by atoms with Gasteiger partial charge in [-0.3, -0.25) is 4.79 Å². The second-order valence-corrected chi connectivity index (χ2v) is 4.57. The fourth-order valence-electron chi connectivity index (χ4n) is 1.28. The van der Waals surface area contributed by atoms with E-state index in [4.69, 9.17) is 0 Å². The van der Waals surface area contributed by atoms with Crippen LogP contribution in [0.2, 0.25) is 0 Å². The average Bonchev–Trinajstić information content (AvgIpc) is 2.10. The maximum absolute atomic E-state index is 11.2. The average molecular weight is 321 g/mol. The van der Waals surface area contributed by atoms with Gasteiger partial charge in [-0.1, -0.05) is 31.9 Å². The summed E-state index contributed by atoms with van der Waals surface area (Å²) in [6.45, 7) is 3.95. The number of amides is 1. The van der Waals surface area contributed by atoms with Crippen molar-refractivity contribution in [3.05, 3.63) is 27.7 Å². The van der Waals surface area contributed by atoms with Crippen LogP contribution in [0.15, 0.2) is 16.6 Å². The minimum absolute atomic E-state index is 0.0291. The van der Waals surface area contributed by atoms with Crippen molar-refractivity contribution in [3.63, 3.8) is 0 Å². The SMILES string of the molecule is Cc1cc(Br)cc(C)c1NC(=O)CBr. The molecule has 0 fully saturated rings. The fraction of sp³-hybridized carbons (Fsp3) is 0.300. The topological polar surface area (TPSA) is 29.1 Å². The molecule has 1 N–H and O–H groups in total. The second kappa shape index (κ2) is 4.94. The highest BCUT2D eigenvalue weighted by Gasteiger charge is 2.06. The first-order chi connectivity index (χ1) is 6.54. The van der Waals surface area contributed by atoms with Gasteiger partial charge in [-0.2, -0.15) is 0 Å². The van der Waals surface area contributed by atoms with Gasteiger partial charge in [-0.15, -0.1) is 0 Å². The van der Waals surface area contributed by atoms with Crippen LogP contribution in [0.25, 0.3) is 0 Å². The molecule has 0 bridgehead atoms. The van der Waals surface area contributed by atoms with Crippen LogP contribution in [-0.2, 0) is 4.79 Å². The molecule has 0 spiro atoms. The number of hydrogen-bond donors (Lipinski definition) is 1. The fourth-order valence-corrected chi connectivity index (χ4v) is 2.11. The van der Waals surface area contributed by atoms with Gasteiger partial charge in [-0.25, -0.2) is 0 Å². The first kappa shape index (κ1) is 11.7. The normalized spacial score (nSPS) is 10.0. The Bertz CT molecular complexity index is 340. The van der Waals surface area contributed by atoms with E-state index < -0.39 is 0 Å². The number of hydrogen-bond acceptors (Lipinski definition) is 1. The third-order valence-electron chi connectivity index (χ3n) is 1.88. The van der Waals surface area contributed by atoms with E-state index in [9.17, 15) is 4.79 Å². The lowest BCUT2D eigenvalue weighted by Crippen LogP contribution is -2.14. The number of rotatable bonds is 2. The lowest BCUT2D eigenvalue weighted by atomic mass is 10.1. The van der Waals surface area contributed by atoms with E-state index >= 15 is 0 Å². The number of alkyl halides is 1. The highest BCUT2D eigenvalue weighted by Crippen LogP contribution is 2.24. The molecular formula is C10H11Br2NO. The first-order valence-electron chi connectivity index (χ1n) is 4.17. The highest BCUT2D eigenvalue weighted by atomic mass is 79.9. The smallest absolute Gasteiger partial charge is 0.235 e. The molecule has 4 heteroatoms. The van der Waals surface area contributed by atoms with Gasteiger partial charge in [0.05, 0.1) is 5.33 Å². The molecule has 1 rings (SSSR count). The van der Waals surface area contributed by atoms with Crippen LogP contribution in [0.3, 0.4) is 0 Å². The Morgan fingerprint density at radius 2 is 1.86 bits per heavy atom. The van der Waals surface area contributed by atoms with Gasteiger partial charge in [0.1, 0.15) is 0 Å². The van der Waals surface area contributed by atoms with Gasteiger partial charge in [0, 0.05) is 10.2 Å². The van der Waals surface area contributed by atoms with Crippen molar-refractivity contribution in [2.45, 2.75) is 13.8 Å². The molecular weight excluding hydrogens is 310 g/mol. The molecule has 0 radical (unpaired) electrons. The van der Waals surface area contributed by atoms with Crippen LogP contribution < -0.4 is 5.32 Å². The number of carbonyl (C=O) groups excluding carboxylic acids is 1. The lowest BCUT2D eigenvalue weighted by molar-refractivity contribution is -0.113. The Balaban J connectivity index is 3.02. The molecule has 0 aliphatic heterocycles. The summed E-state index contributed by atoms with van der Waals surface area (Å²) in [7, 11) is 0. The molecule has 1 aromatic rings. The number of nitrogens with one attached hydrogen (secondary N) is 1. The van der Waals surface area contributed by atoms with Gasteiger partial charge in [-0.05, 0) is 37.1 Å². The minimum Gasteiger partial charge on any atom is -0.325 e. The third-order valence-corrected chi connectivity index (χ3v) is 2.85. The predicted octanol–water partition coefficient (Wildman–Crippen LogP) is 3.40. The quantitative estimate of drug-likeness (QED) is 0.831. The van der Waals surface area contributed by atoms with Crippen LogP contribution in [0, 0.1) is 13.8 Å². The summed E-state index contributed by atoms with van der Waals surface area (Å²) in [5, 5.41) is 3.17. The minimum atomic E-state index is -0.0291. The van der Waals surface area contributed by atoms with Crippen molar-refractivity contribution in [1.29, 1.82) is 0 Å². The molecule has 0 aliphatic rings. The molecule has 0 aliphatic carbocycles. The van der Waals surface area contributed by atoms with Crippen molar-refractivity contribution in [3.8, 4) is 0 Å². The second-order valence-electron chi connectivity index (χ2n) is 3.10. The van der Waals surface area contributed by atoms with E-state index in [2.05, 4.69) is 37.2 Å². The molecule has 0 atom stereocenters. The maximum Gasteiger partial charge on any atom is 0.235 e. The summed E-state index contributed by atoms with van der Waals surface area (Å²) in [4.78, 5) is 11.2. The molecule has 1 aromatic carbocycles. The van der Waals surface area contributed by atoms with Crippen LogP contribution in [0.1, 0.15) is 11.1 Å². The monoisotopic (exact) mass is 319 g/mol. The number of aryl methyl sites for hydroxylation is 2. The van der Waals surface area contributed by atoms with Crippen LogP contribution in [0.5, 0.6) is 0 Å². The number of carbonyl (C=O) groups is 1. The first-order valence-corrected chi connectivity index (χ1v) is 6.08. The van der Waals surface area contributed by atoms with E-state index in [1.807, 2.05) is 26.0 Å². The van der Waals surface area contributed by atoms with Gasteiger partial charge in [0.25, 0.3) is 0 Å². The van der Waals surface area contributed by atoms with Gasteiger partial charge >= 0.3 is 0 Å². The van der Waals surface area contributed by atoms with E-state index in [1.54, 1.807) is 0 Å². The third kappa shape index (κ3) is 2.82. The largest absolute Gasteiger partial charge is 0.325 e. The summed E-state index contributed by atoms with van der Waals surface area (Å²) in [5.74, 6) is -0.0291. The van der Waals surface area contributed by atoms with Crippen LogP contribution in [-0.4, -0.2) is 11.2 Å². The standard InChI is InChI=1S/C10H11Br2NO/c1-6-3-8(12)4-7(2)10(6)13-9(14)5-11/h3-4H,5H2,1-2H3,(H,13,14). The zero-order valence-corrected chi connectivity index (χ0v) is 11.2.